The summed E-state index contributed by atoms with van der Waals surface area (Å²) in [5.74, 6) is 0. The second kappa shape index (κ2) is 9.06. The maximum Gasteiger partial charge on any atom is 0.434 e. The van der Waals surface area contributed by atoms with Crippen LogP contribution in [0, 0.1) is 11.3 Å². The van der Waals surface area contributed by atoms with Gasteiger partial charge in [-0.1, -0.05) is 30.3 Å². The van der Waals surface area contributed by atoms with Crippen molar-refractivity contribution in [1.29, 1.82) is 5.26 Å². The van der Waals surface area contributed by atoms with Gasteiger partial charge in [0.2, 0.25) is 0 Å². The Morgan fingerprint density at radius 3 is 2.50 bits per heavy atom. The van der Waals surface area contributed by atoms with Crippen LogP contribution in [0.1, 0.15) is 45.6 Å². The summed E-state index contributed by atoms with van der Waals surface area (Å²) in [4.78, 5) is 17.8. The maximum atomic E-state index is 12.2. The van der Waals surface area contributed by atoms with Crippen molar-refractivity contribution in [2.75, 3.05) is 6.61 Å². The van der Waals surface area contributed by atoms with Gasteiger partial charge in [0.25, 0.3) is 0 Å². The Labute approximate surface area is 132 Å². The number of rotatable bonds is 7. The number of hydroxylamine groups is 2. The number of carbonyl (C=O) groups excluding carboxylic acids is 1. The zero-order chi connectivity index (χ0) is 16.4. The summed E-state index contributed by atoms with van der Waals surface area (Å²) in [6.45, 7) is 6.25. The Hall–Kier alpha value is -2.06. The molecule has 0 heterocycles. The van der Waals surface area contributed by atoms with Crippen LogP contribution in [0.5, 0.6) is 0 Å². The lowest BCUT2D eigenvalue weighted by Crippen LogP contribution is -2.45. The topological polar surface area (TPSA) is 62.6 Å². The van der Waals surface area contributed by atoms with E-state index < -0.39 is 11.6 Å². The first-order valence-electron chi connectivity index (χ1n) is 7.46. The van der Waals surface area contributed by atoms with Crippen molar-refractivity contribution in [1.82, 2.24) is 5.06 Å². The SMILES string of the molecule is CC(C)(C)N(OCc1ccccc1)C(=O)OCCCCC#N. The van der Waals surface area contributed by atoms with E-state index in [9.17, 15) is 4.79 Å². The third kappa shape index (κ3) is 6.59. The van der Waals surface area contributed by atoms with Gasteiger partial charge in [-0.3, -0.25) is 4.84 Å². The average Bonchev–Trinajstić information content (AvgIpc) is 2.47. The number of carbonyl (C=O) groups is 1. The van der Waals surface area contributed by atoms with Crippen LogP contribution < -0.4 is 0 Å². The van der Waals surface area contributed by atoms with E-state index in [2.05, 4.69) is 6.07 Å². The molecule has 5 heteroatoms. The van der Waals surface area contributed by atoms with Gasteiger partial charge in [0.05, 0.1) is 18.2 Å². The number of unbranched alkanes of at least 4 members (excludes halogenated alkanes) is 2. The number of ether oxygens (including phenoxy) is 1. The lowest BCUT2D eigenvalue weighted by atomic mass is 10.1. The van der Waals surface area contributed by atoms with Crippen molar-refractivity contribution in [2.45, 2.75) is 52.2 Å². The van der Waals surface area contributed by atoms with E-state index >= 15 is 0 Å². The number of nitrogens with zero attached hydrogens (tertiary/aromatic N) is 2. The van der Waals surface area contributed by atoms with E-state index in [0.29, 0.717) is 26.1 Å². The Morgan fingerprint density at radius 2 is 1.91 bits per heavy atom. The fraction of sp³-hybridized carbons (Fsp3) is 0.529. The molecule has 0 unspecified atom stereocenters. The molecule has 0 aliphatic carbocycles. The van der Waals surface area contributed by atoms with Crippen LogP contribution >= 0.6 is 0 Å². The third-order valence-electron chi connectivity index (χ3n) is 2.89. The fourth-order valence-corrected chi connectivity index (χ4v) is 1.76. The first kappa shape index (κ1) is 18.0. The lowest BCUT2D eigenvalue weighted by molar-refractivity contribution is -0.192. The van der Waals surface area contributed by atoms with Gasteiger partial charge in [0.15, 0.2) is 0 Å². The molecule has 0 saturated carbocycles. The largest absolute Gasteiger partial charge is 0.448 e. The molecule has 0 N–H and O–H groups in total. The highest BCUT2D eigenvalue weighted by Gasteiger charge is 2.29. The first-order chi connectivity index (χ1) is 10.4. The zero-order valence-electron chi connectivity index (χ0n) is 13.5. The molecule has 1 rings (SSSR count). The van der Waals surface area contributed by atoms with Crippen LogP contribution in [-0.2, 0) is 16.2 Å². The van der Waals surface area contributed by atoms with Gasteiger partial charge in [-0.15, -0.1) is 0 Å². The van der Waals surface area contributed by atoms with Crippen LogP contribution in [0.25, 0.3) is 0 Å². The van der Waals surface area contributed by atoms with Gasteiger partial charge in [-0.2, -0.15) is 10.3 Å². The lowest BCUT2D eigenvalue weighted by Gasteiger charge is -2.33. The van der Waals surface area contributed by atoms with Crippen molar-refractivity contribution in [3.63, 3.8) is 0 Å². The Kier molecular flexibility index (Phi) is 7.41. The van der Waals surface area contributed by atoms with Gasteiger partial charge in [-0.05, 0) is 39.2 Å². The molecule has 1 aromatic rings. The van der Waals surface area contributed by atoms with Crippen molar-refractivity contribution in [3.8, 4) is 6.07 Å². The van der Waals surface area contributed by atoms with Crippen LogP contribution in [0.2, 0.25) is 0 Å². The maximum absolute atomic E-state index is 12.2. The van der Waals surface area contributed by atoms with Crippen LogP contribution in [0.15, 0.2) is 30.3 Å². The fourth-order valence-electron chi connectivity index (χ4n) is 1.76. The molecule has 0 fully saturated rings. The number of hydrogen-bond acceptors (Lipinski definition) is 4. The highest BCUT2D eigenvalue weighted by Crippen LogP contribution is 2.17. The minimum atomic E-state index is -0.501. The predicted molar refractivity (Wildman–Crippen MR) is 83.6 cm³/mol. The summed E-state index contributed by atoms with van der Waals surface area (Å²) in [6, 6.07) is 11.7. The molecule has 5 nitrogen and oxygen atoms in total. The predicted octanol–water partition coefficient (Wildman–Crippen LogP) is 4.05. The van der Waals surface area contributed by atoms with E-state index in [1.807, 2.05) is 51.1 Å². The normalized spacial score (nSPS) is 10.8. The van der Waals surface area contributed by atoms with E-state index in [1.54, 1.807) is 0 Å². The molecule has 0 aliphatic heterocycles. The standard InChI is InChI=1S/C17H24N2O3/c1-17(2,3)19(16(20)21-13-9-5-8-12-18)22-14-15-10-6-4-7-11-15/h4,6-7,10-11H,5,8-9,13-14H2,1-3H3. The van der Waals surface area contributed by atoms with Crippen molar-refractivity contribution in [3.05, 3.63) is 35.9 Å². The van der Waals surface area contributed by atoms with E-state index in [1.165, 1.54) is 5.06 Å². The Morgan fingerprint density at radius 1 is 1.23 bits per heavy atom. The molecule has 0 saturated heterocycles. The average molecular weight is 304 g/mol. The molecule has 1 aromatic carbocycles. The molecule has 0 bridgehead atoms. The molecule has 120 valence electrons. The van der Waals surface area contributed by atoms with E-state index in [0.717, 1.165) is 12.0 Å². The number of benzene rings is 1. The Balaban J connectivity index is 2.50. The first-order valence-corrected chi connectivity index (χ1v) is 7.46. The minimum absolute atomic E-state index is 0.293. The summed E-state index contributed by atoms with van der Waals surface area (Å²) >= 11 is 0. The quantitative estimate of drug-likeness (QED) is 0.563. The molecular formula is C17H24N2O3. The number of nitriles is 1. The molecule has 0 atom stereocenters. The molecule has 0 aromatic heterocycles. The van der Waals surface area contributed by atoms with Crippen LogP contribution in [0.3, 0.4) is 0 Å². The Bertz CT molecular complexity index is 489. The van der Waals surface area contributed by atoms with Gasteiger partial charge in [0, 0.05) is 6.42 Å². The third-order valence-corrected chi connectivity index (χ3v) is 2.89. The monoisotopic (exact) mass is 304 g/mol. The molecule has 0 spiro atoms. The van der Waals surface area contributed by atoms with Gasteiger partial charge in [-0.25, -0.2) is 4.79 Å². The summed E-state index contributed by atoms with van der Waals surface area (Å²) in [7, 11) is 0. The van der Waals surface area contributed by atoms with Crippen molar-refractivity contribution >= 4 is 6.09 Å². The zero-order valence-corrected chi connectivity index (χ0v) is 13.5. The minimum Gasteiger partial charge on any atom is -0.448 e. The van der Waals surface area contributed by atoms with E-state index in [-0.39, 0.29) is 0 Å². The second-order valence-electron chi connectivity index (χ2n) is 5.95. The highest BCUT2D eigenvalue weighted by atomic mass is 16.7. The van der Waals surface area contributed by atoms with Crippen LogP contribution in [0.4, 0.5) is 4.79 Å². The summed E-state index contributed by atoms with van der Waals surface area (Å²) in [5.41, 5.74) is 0.483. The number of hydrogen-bond donors (Lipinski definition) is 0. The van der Waals surface area contributed by atoms with E-state index in [4.69, 9.17) is 14.8 Å². The number of amides is 1. The molecule has 1 amide bonds. The van der Waals surface area contributed by atoms with Gasteiger partial charge < -0.3 is 4.74 Å². The second-order valence-corrected chi connectivity index (χ2v) is 5.95. The molecule has 0 aliphatic rings. The van der Waals surface area contributed by atoms with Crippen molar-refractivity contribution < 1.29 is 14.4 Å². The molecule has 22 heavy (non-hydrogen) atoms. The van der Waals surface area contributed by atoms with Crippen LogP contribution in [-0.4, -0.2) is 23.3 Å². The van der Waals surface area contributed by atoms with Gasteiger partial charge >= 0.3 is 6.09 Å². The van der Waals surface area contributed by atoms with Gasteiger partial charge in [0.1, 0.15) is 6.61 Å². The summed E-state index contributed by atoms with van der Waals surface area (Å²) < 4.78 is 5.22. The summed E-state index contributed by atoms with van der Waals surface area (Å²) in [6.07, 6.45) is 1.38. The highest BCUT2D eigenvalue weighted by molar-refractivity contribution is 5.67. The molecular weight excluding hydrogens is 280 g/mol. The molecule has 0 radical (unpaired) electrons. The smallest absolute Gasteiger partial charge is 0.434 e. The van der Waals surface area contributed by atoms with Crippen molar-refractivity contribution in [2.24, 2.45) is 0 Å². The summed E-state index contributed by atoms with van der Waals surface area (Å²) in [5, 5.41) is 9.73.